The maximum Gasteiger partial charge on any atom is 0.374 e. The van der Waals surface area contributed by atoms with Crippen LogP contribution in [0.4, 0.5) is 5.00 Å². The van der Waals surface area contributed by atoms with Gasteiger partial charge in [0.1, 0.15) is 10.6 Å². The molecule has 12 heteroatoms. The molecule has 0 aliphatic carbocycles. The molecule has 174 valence electrons. The highest BCUT2D eigenvalue weighted by Gasteiger charge is 2.26. The number of rotatable bonds is 8. The Hall–Kier alpha value is -3.48. The van der Waals surface area contributed by atoms with E-state index in [2.05, 4.69) is 5.32 Å². The number of hydrogen-bond acceptors (Lipinski definition) is 9. The van der Waals surface area contributed by atoms with Gasteiger partial charge < -0.3 is 19.2 Å². The Labute approximate surface area is 193 Å². The van der Waals surface area contributed by atoms with Gasteiger partial charge in [0.25, 0.3) is 15.9 Å². The van der Waals surface area contributed by atoms with Crippen LogP contribution in [0.15, 0.2) is 52.0 Å². The van der Waals surface area contributed by atoms with Gasteiger partial charge in [0.15, 0.2) is 6.61 Å². The van der Waals surface area contributed by atoms with Crippen LogP contribution in [0.2, 0.25) is 0 Å². The van der Waals surface area contributed by atoms with Crippen molar-refractivity contribution in [2.75, 3.05) is 18.5 Å². The van der Waals surface area contributed by atoms with Crippen molar-refractivity contribution in [1.29, 1.82) is 0 Å². The lowest BCUT2D eigenvalue weighted by atomic mass is 10.0. The lowest BCUT2D eigenvalue weighted by Gasteiger charge is -2.09. The number of furan rings is 1. The zero-order chi connectivity index (χ0) is 24.2. The molecule has 0 saturated carbocycles. The van der Waals surface area contributed by atoms with Crippen LogP contribution in [0, 0.1) is 6.92 Å². The molecule has 0 spiro atoms. The molecule has 0 bridgehead atoms. The van der Waals surface area contributed by atoms with Crippen LogP contribution in [0.3, 0.4) is 0 Å². The number of sulfonamides is 1. The molecule has 0 aliphatic rings. The molecular weight excluding hydrogens is 472 g/mol. The lowest BCUT2D eigenvalue weighted by molar-refractivity contribution is -0.119. The van der Waals surface area contributed by atoms with Gasteiger partial charge >= 0.3 is 11.9 Å². The number of nitrogens with two attached hydrogens (primary N) is 1. The number of thiophene rings is 1. The van der Waals surface area contributed by atoms with Gasteiger partial charge in [0, 0.05) is 10.4 Å². The number of ether oxygens (including phenoxy) is 2. The maximum atomic E-state index is 12.7. The molecule has 0 saturated heterocycles. The highest BCUT2D eigenvalue weighted by Crippen LogP contribution is 2.40. The second-order valence-corrected chi connectivity index (χ2v) is 9.33. The Bertz CT molecular complexity index is 1290. The van der Waals surface area contributed by atoms with Gasteiger partial charge in [-0.2, -0.15) is 0 Å². The normalized spacial score (nSPS) is 11.1. The van der Waals surface area contributed by atoms with E-state index >= 15 is 0 Å². The summed E-state index contributed by atoms with van der Waals surface area (Å²) in [5, 5.41) is 7.13. The molecule has 0 fully saturated rings. The second kappa shape index (κ2) is 9.98. The number of nitrogens with one attached hydrogen (secondary N) is 1. The zero-order valence-electron chi connectivity index (χ0n) is 17.6. The Morgan fingerprint density at radius 3 is 2.36 bits per heavy atom. The summed E-state index contributed by atoms with van der Waals surface area (Å²) >= 11 is 1.18. The van der Waals surface area contributed by atoms with Crippen LogP contribution in [-0.4, -0.2) is 39.5 Å². The highest BCUT2D eigenvalue weighted by atomic mass is 32.2. The number of benzene rings is 1. The van der Waals surface area contributed by atoms with Gasteiger partial charge in [-0.3, -0.25) is 4.79 Å². The number of aryl methyl sites for hydroxylation is 1. The van der Waals surface area contributed by atoms with Crippen molar-refractivity contribution >= 4 is 44.2 Å². The molecule has 33 heavy (non-hydrogen) atoms. The van der Waals surface area contributed by atoms with E-state index in [9.17, 15) is 22.8 Å². The maximum absolute atomic E-state index is 12.7. The summed E-state index contributed by atoms with van der Waals surface area (Å²) in [6.45, 7) is 2.93. The number of carbonyl (C=O) groups is 3. The van der Waals surface area contributed by atoms with Gasteiger partial charge in [-0.25, -0.2) is 23.1 Å². The van der Waals surface area contributed by atoms with Gasteiger partial charge in [-0.15, -0.1) is 11.3 Å². The quantitative estimate of drug-likeness (QED) is 0.455. The van der Waals surface area contributed by atoms with Crippen molar-refractivity contribution in [3.8, 4) is 11.1 Å². The molecule has 1 aromatic carbocycles. The molecular formula is C21H20N2O8S2. The van der Waals surface area contributed by atoms with Gasteiger partial charge in [-0.1, -0.05) is 30.3 Å². The zero-order valence-corrected chi connectivity index (χ0v) is 19.2. The number of amides is 1. The van der Waals surface area contributed by atoms with Crippen LogP contribution in [0.1, 0.15) is 32.7 Å². The summed E-state index contributed by atoms with van der Waals surface area (Å²) in [5.41, 5.74) is 1.62. The molecule has 0 radical (unpaired) electrons. The number of primary sulfonamides is 1. The van der Waals surface area contributed by atoms with Crippen molar-refractivity contribution in [2.45, 2.75) is 18.9 Å². The average Bonchev–Trinajstić information content (AvgIpc) is 3.38. The predicted molar refractivity (Wildman–Crippen MR) is 119 cm³/mol. The van der Waals surface area contributed by atoms with Crippen molar-refractivity contribution in [3.63, 3.8) is 0 Å². The minimum Gasteiger partial charge on any atom is -0.462 e. The summed E-state index contributed by atoms with van der Waals surface area (Å²) in [7, 11) is -4.13. The van der Waals surface area contributed by atoms with Crippen LogP contribution >= 0.6 is 11.3 Å². The summed E-state index contributed by atoms with van der Waals surface area (Å²) in [5.74, 6) is -2.80. The standard InChI is InChI=1S/C21H20N2O8S2/c1-3-29-21(26)18-17(13-7-5-4-6-8-13)12(2)32-19(18)23-15(24)11-30-20(25)14-9-10-16(31-14)33(22,27)28/h4-10H,3,11H2,1-2H3,(H,23,24)(H2,22,27,28). The predicted octanol–water partition coefficient (Wildman–Crippen LogP) is 2.94. The Morgan fingerprint density at radius 1 is 1.06 bits per heavy atom. The molecule has 0 aliphatic heterocycles. The van der Waals surface area contributed by atoms with Gasteiger partial charge in [-0.05, 0) is 31.5 Å². The summed E-state index contributed by atoms with van der Waals surface area (Å²) < 4.78 is 37.3. The number of esters is 2. The smallest absolute Gasteiger partial charge is 0.374 e. The molecule has 1 amide bonds. The van der Waals surface area contributed by atoms with Gasteiger partial charge in [0.05, 0.1) is 6.61 Å². The first kappa shape index (κ1) is 24.2. The van der Waals surface area contributed by atoms with Crippen LogP contribution in [0.25, 0.3) is 11.1 Å². The van der Waals surface area contributed by atoms with E-state index in [4.69, 9.17) is 19.0 Å². The van der Waals surface area contributed by atoms with Crippen molar-refractivity contribution < 1.29 is 36.7 Å². The minimum atomic E-state index is -4.13. The summed E-state index contributed by atoms with van der Waals surface area (Å²) in [6, 6.07) is 11.2. The molecule has 3 N–H and O–H groups in total. The second-order valence-electron chi connectivity index (χ2n) is 6.61. The first-order valence-electron chi connectivity index (χ1n) is 9.57. The number of carbonyl (C=O) groups excluding carboxylic acids is 3. The third-order valence-electron chi connectivity index (χ3n) is 4.28. The van der Waals surface area contributed by atoms with E-state index in [1.165, 1.54) is 11.3 Å². The van der Waals surface area contributed by atoms with E-state index in [-0.39, 0.29) is 17.2 Å². The van der Waals surface area contributed by atoms with Crippen LogP contribution in [0.5, 0.6) is 0 Å². The molecule has 2 heterocycles. The van der Waals surface area contributed by atoms with Crippen molar-refractivity contribution in [3.05, 3.63) is 58.7 Å². The number of anilines is 1. The Kier molecular flexibility index (Phi) is 7.31. The molecule has 3 rings (SSSR count). The SMILES string of the molecule is CCOC(=O)c1c(NC(=O)COC(=O)c2ccc(S(N)(=O)=O)o2)sc(C)c1-c1ccccc1. The lowest BCUT2D eigenvalue weighted by Crippen LogP contribution is -2.21. The van der Waals surface area contributed by atoms with E-state index in [1.807, 2.05) is 37.3 Å². The number of hydrogen-bond donors (Lipinski definition) is 2. The van der Waals surface area contributed by atoms with Gasteiger partial charge in [0.2, 0.25) is 10.9 Å². The van der Waals surface area contributed by atoms with Crippen LogP contribution in [-0.2, 0) is 24.3 Å². The van der Waals surface area contributed by atoms with E-state index < -0.39 is 45.3 Å². The Balaban J connectivity index is 1.77. The third-order valence-corrected chi connectivity index (χ3v) is 6.08. The first-order chi connectivity index (χ1) is 15.6. The van der Waals surface area contributed by atoms with Crippen molar-refractivity contribution in [1.82, 2.24) is 0 Å². The van der Waals surface area contributed by atoms with E-state index in [1.54, 1.807) is 6.92 Å². The highest BCUT2D eigenvalue weighted by molar-refractivity contribution is 7.89. The summed E-state index contributed by atoms with van der Waals surface area (Å²) in [4.78, 5) is 37.9. The molecule has 3 aromatic rings. The minimum absolute atomic E-state index is 0.149. The molecule has 10 nitrogen and oxygen atoms in total. The molecule has 0 atom stereocenters. The summed E-state index contributed by atoms with van der Waals surface area (Å²) in [6.07, 6.45) is 0. The molecule has 2 aromatic heterocycles. The Morgan fingerprint density at radius 2 is 1.76 bits per heavy atom. The van der Waals surface area contributed by atoms with Crippen LogP contribution < -0.4 is 10.5 Å². The third kappa shape index (κ3) is 5.66. The van der Waals surface area contributed by atoms with Crippen molar-refractivity contribution in [2.24, 2.45) is 5.14 Å². The van der Waals surface area contributed by atoms with E-state index in [0.29, 0.717) is 5.56 Å². The molecule has 0 unspecified atom stereocenters. The van der Waals surface area contributed by atoms with E-state index in [0.717, 1.165) is 22.6 Å². The topological polar surface area (TPSA) is 155 Å². The fourth-order valence-electron chi connectivity index (χ4n) is 2.93. The fraction of sp³-hybridized carbons (Fsp3) is 0.190. The first-order valence-corrected chi connectivity index (χ1v) is 11.9. The largest absolute Gasteiger partial charge is 0.462 e. The monoisotopic (exact) mass is 492 g/mol. The average molecular weight is 493 g/mol. The fourth-order valence-corrected chi connectivity index (χ4v) is 4.48.